The van der Waals surface area contributed by atoms with Crippen LogP contribution < -0.4 is 5.32 Å². The largest absolute Gasteiger partial charge is 0.317 e. The van der Waals surface area contributed by atoms with Gasteiger partial charge in [0, 0.05) is 6.04 Å². The summed E-state index contributed by atoms with van der Waals surface area (Å²) in [7, 11) is 2.11. The summed E-state index contributed by atoms with van der Waals surface area (Å²) in [5.74, 6) is 1.90. The summed E-state index contributed by atoms with van der Waals surface area (Å²) in [6.45, 7) is 4.63. The van der Waals surface area contributed by atoms with Crippen LogP contribution in [-0.2, 0) is 0 Å². The molecule has 0 spiro atoms. The predicted molar refractivity (Wildman–Crippen MR) is 58.9 cm³/mol. The van der Waals surface area contributed by atoms with E-state index in [0.29, 0.717) is 0 Å². The van der Waals surface area contributed by atoms with E-state index in [-0.39, 0.29) is 0 Å². The van der Waals surface area contributed by atoms with Crippen molar-refractivity contribution in [2.75, 3.05) is 7.05 Å². The molecule has 0 aromatic rings. The average molecular weight is 183 g/mol. The topological polar surface area (TPSA) is 12.0 Å². The molecule has 78 valence electrons. The normalized spacial score (nSPS) is 20.3. The Labute approximate surface area is 83.3 Å². The Balaban J connectivity index is 2.09. The molecule has 1 heteroatoms. The van der Waals surface area contributed by atoms with Gasteiger partial charge in [0.15, 0.2) is 0 Å². The Morgan fingerprint density at radius 2 is 1.92 bits per heavy atom. The van der Waals surface area contributed by atoms with Gasteiger partial charge in [0.2, 0.25) is 0 Å². The maximum Gasteiger partial charge on any atom is 0.00668 e. The molecule has 1 nitrogen and oxygen atoms in total. The molecule has 1 fully saturated rings. The molecule has 0 aromatic carbocycles. The van der Waals surface area contributed by atoms with Gasteiger partial charge < -0.3 is 5.32 Å². The highest BCUT2D eigenvalue weighted by Crippen LogP contribution is 2.31. The lowest BCUT2D eigenvalue weighted by Crippen LogP contribution is -2.30. The minimum absolute atomic E-state index is 0.785. The Morgan fingerprint density at radius 3 is 2.31 bits per heavy atom. The monoisotopic (exact) mass is 183 g/mol. The van der Waals surface area contributed by atoms with Gasteiger partial charge in [-0.05, 0) is 38.1 Å². The van der Waals surface area contributed by atoms with Gasteiger partial charge in [-0.1, -0.05) is 33.1 Å². The van der Waals surface area contributed by atoms with Gasteiger partial charge in [0.05, 0.1) is 0 Å². The summed E-state index contributed by atoms with van der Waals surface area (Å²) in [6, 6.07) is 0.785. The van der Waals surface area contributed by atoms with Crippen molar-refractivity contribution in [1.29, 1.82) is 0 Å². The van der Waals surface area contributed by atoms with Gasteiger partial charge in [-0.25, -0.2) is 0 Å². The minimum atomic E-state index is 0.785. The quantitative estimate of drug-likeness (QED) is 0.667. The van der Waals surface area contributed by atoms with Crippen molar-refractivity contribution in [3.63, 3.8) is 0 Å². The SMILES string of the molecule is CNC(CCC(C)C)CC1CCC1. The van der Waals surface area contributed by atoms with E-state index in [0.717, 1.165) is 17.9 Å². The van der Waals surface area contributed by atoms with Crippen molar-refractivity contribution in [3.8, 4) is 0 Å². The highest BCUT2D eigenvalue weighted by Gasteiger charge is 2.20. The van der Waals surface area contributed by atoms with E-state index in [2.05, 4.69) is 26.2 Å². The van der Waals surface area contributed by atoms with Crippen LogP contribution in [0.1, 0.15) is 52.4 Å². The molecule has 0 saturated heterocycles. The molecule has 1 atom stereocenters. The van der Waals surface area contributed by atoms with Gasteiger partial charge in [-0.3, -0.25) is 0 Å². The van der Waals surface area contributed by atoms with Gasteiger partial charge in [0.1, 0.15) is 0 Å². The Bertz CT molecular complexity index is 127. The molecule has 1 saturated carbocycles. The first-order chi connectivity index (χ1) is 6.22. The molecule has 0 aromatic heterocycles. The predicted octanol–water partition coefficient (Wildman–Crippen LogP) is 3.20. The van der Waals surface area contributed by atoms with Crippen molar-refractivity contribution in [1.82, 2.24) is 5.32 Å². The molecule has 1 unspecified atom stereocenters. The second-order valence-electron chi connectivity index (χ2n) is 4.99. The first-order valence-electron chi connectivity index (χ1n) is 5.89. The summed E-state index contributed by atoms with van der Waals surface area (Å²) >= 11 is 0. The zero-order valence-corrected chi connectivity index (χ0v) is 9.47. The van der Waals surface area contributed by atoms with Gasteiger partial charge >= 0.3 is 0 Å². The Kier molecular flexibility index (Phi) is 4.79. The number of rotatable bonds is 6. The molecule has 13 heavy (non-hydrogen) atoms. The smallest absolute Gasteiger partial charge is 0.00668 e. The van der Waals surface area contributed by atoms with Crippen LogP contribution in [0.25, 0.3) is 0 Å². The van der Waals surface area contributed by atoms with Crippen LogP contribution in [-0.4, -0.2) is 13.1 Å². The molecule has 0 heterocycles. The molecule has 1 rings (SSSR count). The van der Waals surface area contributed by atoms with Crippen molar-refractivity contribution < 1.29 is 0 Å². The van der Waals surface area contributed by atoms with E-state index in [9.17, 15) is 0 Å². The van der Waals surface area contributed by atoms with Gasteiger partial charge in [0.25, 0.3) is 0 Å². The van der Waals surface area contributed by atoms with Crippen LogP contribution in [0.4, 0.5) is 0 Å². The van der Waals surface area contributed by atoms with E-state index in [1.54, 1.807) is 0 Å². The van der Waals surface area contributed by atoms with Crippen LogP contribution in [0.5, 0.6) is 0 Å². The second kappa shape index (κ2) is 5.64. The molecule has 1 aliphatic carbocycles. The van der Waals surface area contributed by atoms with E-state index in [4.69, 9.17) is 0 Å². The zero-order valence-electron chi connectivity index (χ0n) is 9.47. The molecule has 0 aliphatic heterocycles. The molecule has 0 radical (unpaired) electrons. The van der Waals surface area contributed by atoms with Crippen LogP contribution in [0.3, 0.4) is 0 Å². The Morgan fingerprint density at radius 1 is 1.23 bits per heavy atom. The van der Waals surface area contributed by atoms with E-state index in [1.165, 1.54) is 38.5 Å². The third-order valence-electron chi connectivity index (χ3n) is 3.34. The second-order valence-corrected chi connectivity index (χ2v) is 4.99. The van der Waals surface area contributed by atoms with Crippen molar-refractivity contribution in [2.24, 2.45) is 11.8 Å². The highest BCUT2D eigenvalue weighted by molar-refractivity contribution is 4.76. The van der Waals surface area contributed by atoms with Crippen LogP contribution in [0.2, 0.25) is 0 Å². The van der Waals surface area contributed by atoms with Crippen LogP contribution >= 0.6 is 0 Å². The standard InChI is InChI=1S/C12H25N/c1-10(2)7-8-12(13-3)9-11-5-4-6-11/h10-13H,4-9H2,1-3H3. The Hall–Kier alpha value is -0.0400. The molecule has 1 aliphatic rings. The van der Waals surface area contributed by atoms with Gasteiger partial charge in [-0.2, -0.15) is 0 Å². The maximum atomic E-state index is 3.46. The third-order valence-corrected chi connectivity index (χ3v) is 3.34. The van der Waals surface area contributed by atoms with E-state index in [1.807, 2.05) is 0 Å². The molecular weight excluding hydrogens is 158 g/mol. The summed E-state index contributed by atoms with van der Waals surface area (Å²) in [5.41, 5.74) is 0. The molecule has 1 N–H and O–H groups in total. The molecule has 0 amide bonds. The fraction of sp³-hybridized carbons (Fsp3) is 1.00. The van der Waals surface area contributed by atoms with E-state index >= 15 is 0 Å². The minimum Gasteiger partial charge on any atom is -0.317 e. The molecule has 0 bridgehead atoms. The summed E-state index contributed by atoms with van der Waals surface area (Å²) in [5, 5.41) is 3.46. The first kappa shape index (κ1) is 11.0. The lowest BCUT2D eigenvalue weighted by Gasteiger charge is -2.29. The maximum absolute atomic E-state index is 3.46. The van der Waals surface area contributed by atoms with E-state index < -0.39 is 0 Å². The number of hydrogen-bond acceptors (Lipinski definition) is 1. The zero-order chi connectivity index (χ0) is 9.68. The van der Waals surface area contributed by atoms with Crippen molar-refractivity contribution in [2.45, 2.75) is 58.4 Å². The lowest BCUT2D eigenvalue weighted by atomic mass is 9.80. The van der Waals surface area contributed by atoms with Crippen LogP contribution in [0.15, 0.2) is 0 Å². The summed E-state index contributed by atoms with van der Waals surface area (Å²) in [6.07, 6.45) is 8.61. The fourth-order valence-electron chi connectivity index (χ4n) is 2.05. The highest BCUT2D eigenvalue weighted by atomic mass is 14.9. The average Bonchev–Trinajstić information content (AvgIpc) is 2.01. The summed E-state index contributed by atoms with van der Waals surface area (Å²) in [4.78, 5) is 0. The summed E-state index contributed by atoms with van der Waals surface area (Å²) < 4.78 is 0. The molecular formula is C12H25N. The number of hydrogen-bond donors (Lipinski definition) is 1. The number of nitrogens with one attached hydrogen (secondary N) is 1. The lowest BCUT2D eigenvalue weighted by molar-refractivity contribution is 0.254. The third kappa shape index (κ3) is 4.12. The van der Waals surface area contributed by atoms with Gasteiger partial charge in [-0.15, -0.1) is 0 Å². The van der Waals surface area contributed by atoms with Crippen molar-refractivity contribution in [3.05, 3.63) is 0 Å². The van der Waals surface area contributed by atoms with Crippen LogP contribution in [0, 0.1) is 11.8 Å². The first-order valence-corrected chi connectivity index (χ1v) is 5.89. The van der Waals surface area contributed by atoms with Crippen molar-refractivity contribution >= 4 is 0 Å². The fourth-order valence-corrected chi connectivity index (χ4v) is 2.05.